The van der Waals surface area contributed by atoms with Crippen molar-refractivity contribution < 1.29 is 49.8 Å². The lowest BCUT2D eigenvalue weighted by atomic mass is 9.82. The molecule has 1 aromatic heterocycles. The molecule has 2 amide bonds. The fourth-order valence-corrected chi connectivity index (χ4v) is 5.14. The van der Waals surface area contributed by atoms with E-state index in [9.17, 15) is 49.8 Å². The Labute approximate surface area is 262 Å². The summed E-state index contributed by atoms with van der Waals surface area (Å²) in [5.74, 6) is -6.56. The smallest absolute Gasteiger partial charge is 0.433 e. The van der Waals surface area contributed by atoms with Gasteiger partial charge in [0, 0.05) is 33.6 Å². The van der Waals surface area contributed by atoms with E-state index in [1.54, 1.807) is 0 Å². The van der Waals surface area contributed by atoms with E-state index in [0.29, 0.717) is 16.1 Å². The predicted molar refractivity (Wildman–Crippen MR) is 151 cm³/mol. The maximum Gasteiger partial charge on any atom is 0.433 e. The molecule has 0 saturated heterocycles. The first-order valence-electron chi connectivity index (χ1n) is 13.3. The van der Waals surface area contributed by atoms with Gasteiger partial charge in [-0.15, -0.1) is 0 Å². The number of halogens is 9. The number of benzene rings is 2. The van der Waals surface area contributed by atoms with Crippen LogP contribution in [0.15, 0.2) is 66.1 Å². The Morgan fingerprint density at radius 3 is 2.26 bits per heavy atom. The van der Waals surface area contributed by atoms with Crippen LogP contribution in [0.5, 0.6) is 0 Å². The highest BCUT2D eigenvalue weighted by molar-refractivity contribution is 6.31. The highest BCUT2D eigenvalue weighted by Gasteiger charge is 2.51. The van der Waals surface area contributed by atoms with Gasteiger partial charge in [-0.2, -0.15) is 31.4 Å². The highest BCUT2D eigenvalue weighted by Crippen LogP contribution is 2.39. The van der Waals surface area contributed by atoms with Crippen LogP contribution in [-0.4, -0.2) is 50.7 Å². The van der Waals surface area contributed by atoms with E-state index in [1.165, 1.54) is 39.0 Å². The fourth-order valence-electron chi connectivity index (χ4n) is 4.97. The molecule has 0 radical (unpaired) electrons. The maximum atomic E-state index is 14.7. The topological polar surface area (TPSA) is 85.8 Å². The Hall–Kier alpha value is -4.24. The lowest BCUT2D eigenvalue weighted by molar-refractivity contribution is -0.208. The summed E-state index contributed by atoms with van der Waals surface area (Å²) >= 11 is 6.08. The third-order valence-corrected chi connectivity index (χ3v) is 7.14. The van der Waals surface area contributed by atoms with Crippen molar-refractivity contribution in [1.82, 2.24) is 15.0 Å². The van der Waals surface area contributed by atoms with E-state index < -0.39 is 82.9 Å². The van der Waals surface area contributed by atoms with Gasteiger partial charge < -0.3 is 10.4 Å². The number of pyridine rings is 1. The summed E-state index contributed by atoms with van der Waals surface area (Å²) in [6, 6.07) is 6.78. The molecule has 0 aliphatic carbocycles. The number of rotatable bonds is 6. The van der Waals surface area contributed by atoms with Gasteiger partial charge in [-0.1, -0.05) is 50.6 Å². The average Bonchev–Trinajstić information content (AvgIpc) is 2.92. The first-order chi connectivity index (χ1) is 21.2. The van der Waals surface area contributed by atoms with E-state index in [1.807, 2.05) is 0 Å². The number of nitrogens with one attached hydrogen (secondary N) is 1. The number of nitrogens with zero attached hydrogens (tertiary/aromatic N) is 3. The number of amides is 2. The molecule has 46 heavy (non-hydrogen) atoms. The molecule has 7 nitrogen and oxygen atoms in total. The molecule has 2 aromatic carbocycles. The lowest BCUT2D eigenvalue weighted by Crippen LogP contribution is -2.62. The zero-order chi connectivity index (χ0) is 34.4. The van der Waals surface area contributed by atoms with Gasteiger partial charge in [0.1, 0.15) is 23.6 Å². The summed E-state index contributed by atoms with van der Waals surface area (Å²) in [5.41, 5.74) is -3.99. The van der Waals surface area contributed by atoms with Crippen molar-refractivity contribution >= 4 is 29.1 Å². The number of carbonyl (C=O) groups excluding carboxylic acids is 2. The first kappa shape index (κ1) is 34.6. The fraction of sp³-hybridized carbons (Fsp3) is 0.300. The van der Waals surface area contributed by atoms with Gasteiger partial charge in [0.05, 0.1) is 12.6 Å². The van der Waals surface area contributed by atoms with Gasteiger partial charge in [0.2, 0.25) is 0 Å². The minimum absolute atomic E-state index is 0.0511. The van der Waals surface area contributed by atoms with Gasteiger partial charge in [0.15, 0.2) is 11.6 Å². The number of hydrogen-bond donors (Lipinski definition) is 2. The van der Waals surface area contributed by atoms with Crippen LogP contribution in [0.3, 0.4) is 0 Å². The van der Waals surface area contributed by atoms with Crippen LogP contribution in [-0.2, 0) is 22.3 Å². The Bertz CT molecular complexity index is 1690. The van der Waals surface area contributed by atoms with Crippen LogP contribution < -0.4 is 5.32 Å². The van der Waals surface area contributed by atoms with E-state index in [2.05, 4.69) is 10.3 Å². The number of hydrogen-bond acceptors (Lipinski definition) is 5. The monoisotopic (exact) mass is 676 g/mol. The van der Waals surface area contributed by atoms with Crippen LogP contribution in [0, 0.1) is 17.0 Å². The summed E-state index contributed by atoms with van der Waals surface area (Å²) in [4.78, 5) is 30.8. The summed E-state index contributed by atoms with van der Waals surface area (Å²) in [5, 5.41) is 14.6. The standard InChI is InChI=1S/C30H25ClF8N4O3/c1-28(2,3)25-24(44)22(27(46)42(43(25)14-29(34,35)36)13-16-5-4-6-19(32)23(16)33)26(45)41-20-9-8-17(31)11-18(20)15-7-10-21(40-12-15)30(37,38)39/h4-12,25,44H,13-14H2,1-3H3,(H,41,45)/t25-/m1/s1. The molecule has 1 atom stereocenters. The Kier molecular flexibility index (Phi) is 9.42. The lowest BCUT2D eigenvalue weighted by Gasteiger charge is -2.48. The minimum atomic E-state index is -4.95. The van der Waals surface area contributed by atoms with Gasteiger partial charge in [-0.25, -0.2) is 8.78 Å². The quantitative estimate of drug-likeness (QED) is 0.207. The molecule has 0 unspecified atom stereocenters. The molecule has 3 aromatic rings. The molecule has 4 rings (SSSR count). The second-order valence-corrected chi connectivity index (χ2v) is 11.8. The normalized spacial score (nSPS) is 16.7. The molecule has 0 saturated carbocycles. The molecule has 246 valence electrons. The van der Waals surface area contributed by atoms with Crippen molar-refractivity contribution in [2.45, 2.75) is 45.7 Å². The largest absolute Gasteiger partial charge is 0.509 e. The third-order valence-electron chi connectivity index (χ3n) is 6.91. The molecule has 1 aliphatic rings. The Morgan fingerprint density at radius 1 is 1.02 bits per heavy atom. The number of hydrazine groups is 1. The molecule has 0 bridgehead atoms. The summed E-state index contributed by atoms with van der Waals surface area (Å²) < 4.78 is 109. The number of aromatic nitrogens is 1. The number of carbonyl (C=O) groups is 2. The van der Waals surface area contributed by atoms with Crippen molar-refractivity contribution in [1.29, 1.82) is 0 Å². The summed E-state index contributed by atoms with van der Waals surface area (Å²) in [6.07, 6.45) is -8.82. The van der Waals surface area contributed by atoms with Crippen molar-refractivity contribution in [3.05, 3.63) is 94.0 Å². The number of aliphatic hydroxyl groups is 1. The zero-order valence-corrected chi connectivity index (χ0v) is 25.0. The minimum Gasteiger partial charge on any atom is -0.509 e. The summed E-state index contributed by atoms with van der Waals surface area (Å²) in [7, 11) is 0. The Balaban J connectivity index is 1.81. The van der Waals surface area contributed by atoms with Gasteiger partial charge in [-0.3, -0.25) is 19.6 Å². The molecule has 1 aliphatic heterocycles. The van der Waals surface area contributed by atoms with E-state index in [4.69, 9.17) is 11.6 Å². The molecule has 16 heteroatoms. The van der Waals surface area contributed by atoms with E-state index in [0.717, 1.165) is 30.5 Å². The van der Waals surface area contributed by atoms with Crippen LogP contribution in [0.25, 0.3) is 11.1 Å². The molecule has 0 spiro atoms. The Morgan fingerprint density at radius 2 is 1.70 bits per heavy atom. The van der Waals surface area contributed by atoms with Crippen molar-refractivity contribution in [3.8, 4) is 11.1 Å². The van der Waals surface area contributed by atoms with Gasteiger partial charge in [-0.05, 0) is 35.7 Å². The number of alkyl halides is 6. The number of anilines is 1. The molecule has 0 fully saturated rings. The highest BCUT2D eigenvalue weighted by atomic mass is 35.5. The molecular weight excluding hydrogens is 652 g/mol. The second-order valence-electron chi connectivity index (χ2n) is 11.4. The maximum absolute atomic E-state index is 14.7. The molecule has 2 N–H and O–H groups in total. The number of aliphatic hydroxyl groups excluding tert-OH is 1. The van der Waals surface area contributed by atoms with Crippen LogP contribution in [0.4, 0.5) is 40.8 Å². The van der Waals surface area contributed by atoms with Crippen LogP contribution >= 0.6 is 11.6 Å². The van der Waals surface area contributed by atoms with Crippen molar-refractivity contribution in [2.75, 3.05) is 11.9 Å². The first-order valence-corrected chi connectivity index (χ1v) is 13.7. The summed E-state index contributed by atoms with van der Waals surface area (Å²) in [6.45, 7) is 1.53. The molecule has 2 heterocycles. The third kappa shape index (κ3) is 7.41. The van der Waals surface area contributed by atoms with Crippen LogP contribution in [0.2, 0.25) is 5.02 Å². The SMILES string of the molecule is CC(C)(C)[C@H]1C(O)=C(C(=O)Nc2ccc(Cl)cc2-c2ccc(C(F)(F)F)nc2)C(=O)N(Cc2cccc(F)c2F)N1CC(F)(F)F. The van der Waals surface area contributed by atoms with Crippen molar-refractivity contribution in [2.24, 2.45) is 5.41 Å². The van der Waals surface area contributed by atoms with Crippen LogP contribution in [0.1, 0.15) is 32.0 Å². The zero-order valence-electron chi connectivity index (χ0n) is 24.2. The van der Waals surface area contributed by atoms with E-state index in [-0.39, 0.29) is 21.8 Å². The second kappa shape index (κ2) is 12.5. The van der Waals surface area contributed by atoms with Gasteiger partial charge >= 0.3 is 12.4 Å². The van der Waals surface area contributed by atoms with E-state index >= 15 is 0 Å². The predicted octanol–water partition coefficient (Wildman–Crippen LogP) is 7.69. The van der Waals surface area contributed by atoms with Gasteiger partial charge in [0.25, 0.3) is 11.8 Å². The van der Waals surface area contributed by atoms with Crippen molar-refractivity contribution in [3.63, 3.8) is 0 Å². The average molecular weight is 677 g/mol. The molecular formula is C30H25ClF8N4O3.